The molecule has 1 aliphatic rings. The molecule has 0 aromatic heterocycles. The molecule has 18 heavy (non-hydrogen) atoms. The number of hydrogen-bond acceptors (Lipinski definition) is 3. The van der Waals surface area contributed by atoms with E-state index in [1.54, 1.807) is 12.1 Å². The number of morpholine rings is 1. The molecule has 0 radical (unpaired) electrons. The molecule has 1 saturated heterocycles. The Morgan fingerprint density at radius 1 is 1.56 bits per heavy atom. The van der Waals surface area contributed by atoms with Gasteiger partial charge in [-0.3, -0.25) is 4.79 Å². The third-order valence-electron chi connectivity index (χ3n) is 2.41. The molecule has 100 valence electrons. The van der Waals surface area contributed by atoms with Gasteiger partial charge in [0.2, 0.25) is 0 Å². The van der Waals surface area contributed by atoms with Gasteiger partial charge in [0.15, 0.2) is 0 Å². The Labute approximate surface area is 119 Å². The lowest BCUT2D eigenvalue weighted by molar-refractivity contribution is -0.128. The van der Waals surface area contributed by atoms with Gasteiger partial charge in [-0.05, 0) is 34.1 Å². The highest BCUT2D eigenvalue weighted by Crippen LogP contribution is 2.19. The Balaban J connectivity index is 0.00000162. The lowest BCUT2D eigenvalue weighted by Gasteiger charge is -2.22. The van der Waals surface area contributed by atoms with Gasteiger partial charge < -0.3 is 15.4 Å². The standard InChI is InChI=1S/C11H12BrFN2O2.ClH/c12-8-2-1-7(5-9(8)13)15-11(16)10-6-14-3-4-17-10;/h1-2,5,10,14H,3-4,6H2,(H,15,16);1H. The van der Waals surface area contributed by atoms with Crippen molar-refractivity contribution in [1.29, 1.82) is 0 Å². The molecule has 1 aromatic rings. The summed E-state index contributed by atoms with van der Waals surface area (Å²) in [6, 6.07) is 4.44. The third-order valence-corrected chi connectivity index (χ3v) is 3.05. The zero-order valence-corrected chi connectivity index (χ0v) is 11.8. The summed E-state index contributed by atoms with van der Waals surface area (Å²) in [5.41, 5.74) is 0.421. The number of benzene rings is 1. The summed E-state index contributed by atoms with van der Waals surface area (Å²) in [6.45, 7) is 1.73. The minimum Gasteiger partial charge on any atom is -0.366 e. The molecule has 1 atom stereocenters. The summed E-state index contributed by atoms with van der Waals surface area (Å²) in [7, 11) is 0. The first-order valence-electron chi connectivity index (χ1n) is 5.25. The average Bonchev–Trinajstić information content (AvgIpc) is 2.35. The normalized spacial score (nSPS) is 18.9. The number of rotatable bonds is 2. The minimum absolute atomic E-state index is 0. The lowest BCUT2D eigenvalue weighted by Crippen LogP contribution is -2.45. The Kier molecular flexibility index (Phi) is 6.01. The number of carbonyl (C=O) groups excluding carboxylic acids is 1. The minimum atomic E-state index is -0.518. The molecule has 0 bridgehead atoms. The van der Waals surface area contributed by atoms with Gasteiger partial charge >= 0.3 is 0 Å². The maximum atomic E-state index is 13.2. The van der Waals surface area contributed by atoms with E-state index in [-0.39, 0.29) is 18.3 Å². The van der Waals surface area contributed by atoms with E-state index < -0.39 is 11.9 Å². The SMILES string of the molecule is Cl.O=C(Nc1ccc(Br)c(F)c1)C1CNCCO1. The number of anilines is 1. The van der Waals surface area contributed by atoms with Crippen molar-refractivity contribution in [2.75, 3.05) is 25.0 Å². The molecule has 2 N–H and O–H groups in total. The smallest absolute Gasteiger partial charge is 0.254 e. The Hall–Kier alpha value is -0.690. The summed E-state index contributed by atoms with van der Waals surface area (Å²) in [4.78, 5) is 11.8. The van der Waals surface area contributed by atoms with Crippen LogP contribution in [-0.4, -0.2) is 31.7 Å². The van der Waals surface area contributed by atoms with E-state index in [0.29, 0.717) is 23.3 Å². The highest BCUT2D eigenvalue weighted by Gasteiger charge is 2.21. The summed E-state index contributed by atoms with van der Waals surface area (Å²) in [5, 5.41) is 5.67. The molecule has 1 unspecified atom stereocenters. The van der Waals surface area contributed by atoms with Gasteiger partial charge in [0.1, 0.15) is 11.9 Å². The number of amides is 1. The van der Waals surface area contributed by atoms with E-state index in [2.05, 4.69) is 26.6 Å². The van der Waals surface area contributed by atoms with Crippen LogP contribution in [0.3, 0.4) is 0 Å². The second kappa shape index (κ2) is 7.04. The summed E-state index contributed by atoms with van der Waals surface area (Å²) < 4.78 is 18.9. The topological polar surface area (TPSA) is 50.4 Å². The van der Waals surface area contributed by atoms with Crippen LogP contribution in [0, 0.1) is 5.82 Å². The molecule has 1 heterocycles. The van der Waals surface area contributed by atoms with Crippen molar-refractivity contribution in [2.45, 2.75) is 6.10 Å². The predicted molar refractivity (Wildman–Crippen MR) is 72.6 cm³/mol. The maximum absolute atomic E-state index is 13.2. The van der Waals surface area contributed by atoms with E-state index in [1.807, 2.05) is 0 Å². The maximum Gasteiger partial charge on any atom is 0.254 e. The first-order chi connectivity index (χ1) is 8.16. The highest BCUT2D eigenvalue weighted by molar-refractivity contribution is 9.10. The molecule has 0 aliphatic carbocycles. The van der Waals surface area contributed by atoms with Crippen LogP contribution in [0.15, 0.2) is 22.7 Å². The van der Waals surface area contributed by atoms with Crippen LogP contribution in [0.5, 0.6) is 0 Å². The van der Waals surface area contributed by atoms with E-state index >= 15 is 0 Å². The van der Waals surface area contributed by atoms with Crippen LogP contribution in [0.4, 0.5) is 10.1 Å². The number of halogens is 3. The molecule has 1 aromatic carbocycles. The van der Waals surface area contributed by atoms with Crippen molar-refractivity contribution >= 4 is 39.9 Å². The third kappa shape index (κ3) is 3.91. The Bertz CT molecular complexity index is 428. The van der Waals surface area contributed by atoms with Crippen molar-refractivity contribution in [3.8, 4) is 0 Å². The number of ether oxygens (including phenoxy) is 1. The lowest BCUT2D eigenvalue weighted by atomic mass is 10.2. The van der Waals surface area contributed by atoms with Crippen LogP contribution in [-0.2, 0) is 9.53 Å². The van der Waals surface area contributed by atoms with Crippen LogP contribution < -0.4 is 10.6 Å². The zero-order valence-electron chi connectivity index (χ0n) is 9.41. The number of hydrogen-bond donors (Lipinski definition) is 2. The fraction of sp³-hybridized carbons (Fsp3) is 0.364. The van der Waals surface area contributed by atoms with E-state index in [1.165, 1.54) is 6.07 Å². The Morgan fingerprint density at radius 3 is 2.94 bits per heavy atom. The van der Waals surface area contributed by atoms with Crippen molar-refractivity contribution < 1.29 is 13.9 Å². The predicted octanol–water partition coefficient (Wildman–Crippen LogP) is 1.94. The van der Waals surface area contributed by atoms with Gasteiger partial charge in [-0.2, -0.15) is 0 Å². The number of carbonyl (C=O) groups is 1. The molecule has 2 rings (SSSR count). The fourth-order valence-electron chi connectivity index (χ4n) is 1.53. The molecule has 4 nitrogen and oxygen atoms in total. The van der Waals surface area contributed by atoms with E-state index in [0.717, 1.165) is 6.54 Å². The van der Waals surface area contributed by atoms with Crippen LogP contribution in [0.25, 0.3) is 0 Å². The molecule has 1 fully saturated rings. The molecular formula is C11H13BrClFN2O2. The van der Waals surface area contributed by atoms with Gasteiger partial charge in [0.05, 0.1) is 11.1 Å². The van der Waals surface area contributed by atoms with Crippen LogP contribution in [0.1, 0.15) is 0 Å². The quantitative estimate of drug-likeness (QED) is 0.866. The summed E-state index contributed by atoms with van der Waals surface area (Å²) in [6.07, 6.45) is -0.518. The monoisotopic (exact) mass is 338 g/mol. The summed E-state index contributed by atoms with van der Waals surface area (Å²) in [5.74, 6) is -0.676. The van der Waals surface area contributed by atoms with Crippen molar-refractivity contribution in [2.24, 2.45) is 0 Å². The first-order valence-corrected chi connectivity index (χ1v) is 6.04. The molecule has 1 amide bonds. The van der Waals surface area contributed by atoms with Crippen LogP contribution >= 0.6 is 28.3 Å². The van der Waals surface area contributed by atoms with Gasteiger partial charge in [-0.15, -0.1) is 12.4 Å². The second-order valence-electron chi connectivity index (χ2n) is 3.68. The Morgan fingerprint density at radius 2 is 2.33 bits per heavy atom. The van der Waals surface area contributed by atoms with Gasteiger partial charge in [0.25, 0.3) is 5.91 Å². The molecule has 1 aliphatic heterocycles. The number of nitrogens with one attached hydrogen (secondary N) is 2. The molecule has 0 saturated carbocycles. The molecule has 0 spiro atoms. The van der Waals surface area contributed by atoms with Gasteiger partial charge in [-0.25, -0.2) is 4.39 Å². The fourth-order valence-corrected chi connectivity index (χ4v) is 1.78. The first kappa shape index (κ1) is 15.4. The summed E-state index contributed by atoms with van der Waals surface area (Å²) >= 11 is 3.05. The molecule has 7 heteroatoms. The van der Waals surface area contributed by atoms with Gasteiger partial charge in [-0.1, -0.05) is 0 Å². The molecular weight excluding hydrogens is 326 g/mol. The van der Waals surface area contributed by atoms with Crippen molar-refractivity contribution in [3.63, 3.8) is 0 Å². The average molecular weight is 340 g/mol. The van der Waals surface area contributed by atoms with E-state index in [4.69, 9.17) is 4.74 Å². The van der Waals surface area contributed by atoms with Gasteiger partial charge in [0, 0.05) is 18.8 Å². The largest absolute Gasteiger partial charge is 0.366 e. The van der Waals surface area contributed by atoms with Crippen molar-refractivity contribution in [3.05, 3.63) is 28.5 Å². The van der Waals surface area contributed by atoms with Crippen LogP contribution in [0.2, 0.25) is 0 Å². The highest BCUT2D eigenvalue weighted by atomic mass is 79.9. The zero-order chi connectivity index (χ0) is 12.3. The van der Waals surface area contributed by atoms with Crippen molar-refractivity contribution in [1.82, 2.24) is 5.32 Å². The van der Waals surface area contributed by atoms with E-state index in [9.17, 15) is 9.18 Å². The second-order valence-corrected chi connectivity index (χ2v) is 4.54.